The molecule has 2 aromatic carbocycles. The number of carbonyl (C=O) groups excluding carboxylic acids is 1. The van der Waals surface area contributed by atoms with Crippen LogP contribution in [0.2, 0.25) is 0 Å². The van der Waals surface area contributed by atoms with Crippen LogP contribution < -0.4 is 10.6 Å². The van der Waals surface area contributed by atoms with Gasteiger partial charge in [0.1, 0.15) is 5.54 Å². The van der Waals surface area contributed by atoms with E-state index in [0.29, 0.717) is 0 Å². The van der Waals surface area contributed by atoms with Gasteiger partial charge in [0.15, 0.2) is 0 Å². The number of amides is 1. The number of fused-ring (bicyclic) bond motifs is 1. The highest BCUT2D eigenvalue weighted by Crippen LogP contribution is 2.30. The minimum absolute atomic E-state index is 0.267. The summed E-state index contributed by atoms with van der Waals surface area (Å²) in [6, 6.07) is 14.9. The number of hydrogen-bond donors (Lipinski definition) is 1. The van der Waals surface area contributed by atoms with Gasteiger partial charge < -0.3 is 10.2 Å². The second-order valence-corrected chi connectivity index (χ2v) is 6.89. The van der Waals surface area contributed by atoms with Crippen LogP contribution in [0.25, 0.3) is 10.8 Å². The van der Waals surface area contributed by atoms with Crippen LogP contribution in [-0.4, -0.2) is 49.1 Å². The first kappa shape index (κ1) is 15.6. The van der Waals surface area contributed by atoms with Crippen molar-refractivity contribution in [3.63, 3.8) is 0 Å². The van der Waals surface area contributed by atoms with Crippen molar-refractivity contribution in [2.45, 2.75) is 24.8 Å². The van der Waals surface area contributed by atoms with Gasteiger partial charge in [-0.2, -0.15) is 0 Å². The Kier molecular flexibility index (Phi) is 4.25. The first-order chi connectivity index (χ1) is 11.8. The lowest BCUT2D eigenvalue weighted by Gasteiger charge is -2.36. The highest BCUT2D eigenvalue weighted by Gasteiger charge is 2.43. The van der Waals surface area contributed by atoms with Gasteiger partial charge in [-0.1, -0.05) is 42.5 Å². The van der Waals surface area contributed by atoms with E-state index in [2.05, 4.69) is 53.1 Å². The molecule has 1 N–H and O–H groups in total. The molecule has 0 saturated carbocycles. The van der Waals surface area contributed by atoms with E-state index in [1.165, 1.54) is 16.3 Å². The maximum Gasteiger partial charge on any atom is 0.243 e. The monoisotopic (exact) mass is 322 g/mol. The van der Waals surface area contributed by atoms with E-state index >= 15 is 0 Å². The van der Waals surface area contributed by atoms with Crippen LogP contribution in [0.1, 0.15) is 18.4 Å². The Labute approximate surface area is 143 Å². The fraction of sp³-hybridized carbons (Fsp3) is 0.450. The summed E-state index contributed by atoms with van der Waals surface area (Å²) in [6.07, 6.45) is 2.75. The van der Waals surface area contributed by atoms with Crippen LogP contribution in [0.5, 0.6) is 0 Å². The van der Waals surface area contributed by atoms with Crippen LogP contribution >= 0.6 is 0 Å². The average Bonchev–Trinajstić information content (AvgIpc) is 3.12. The predicted octanol–water partition coefficient (Wildman–Crippen LogP) is 1.95. The minimum Gasteiger partial charge on any atom is -0.338 e. The molecule has 2 aliphatic rings. The van der Waals surface area contributed by atoms with E-state index < -0.39 is 5.54 Å². The zero-order valence-corrected chi connectivity index (χ0v) is 14.0. The minimum atomic E-state index is -0.443. The molecule has 2 fully saturated rings. The van der Waals surface area contributed by atoms with Gasteiger partial charge in [-0.3, -0.25) is 4.79 Å². The molecule has 0 aliphatic carbocycles. The third kappa shape index (κ3) is 2.80. The second kappa shape index (κ2) is 6.54. The molecule has 24 heavy (non-hydrogen) atoms. The van der Waals surface area contributed by atoms with Crippen molar-refractivity contribution in [3.05, 3.63) is 48.0 Å². The summed E-state index contributed by atoms with van der Waals surface area (Å²) in [5, 5.41) is 10.4. The molecule has 4 heteroatoms. The second-order valence-electron chi connectivity index (χ2n) is 6.89. The molecule has 0 aromatic heterocycles. The molecule has 2 heterocycles. The molecule has 2 saturated heterocycles. The number of carbonyl (C=O) groups is 1. The molecular formula is C20H24N3O. The molecular weight excluding hydrogens is 298 g/mol. The number of benzene rings is 2. The van der Waals surface area contributed by atoms with Crippen LogP contribution in [0.3, 0.4) is 0 Å². The Morgan fingerprint density at radius 2 is 1.92 bits per heavy atom. The SMILES string of the molecule is O=C(N1CC[N]CC1)[C@]1(Cc2cccc3ccccc23)CCCN1. The Morgan fingerprint density at radius 1 is 1.12 bits per heavy atom. The lowest BCUT2D eigenvalue weighted by molar-refractivity contribution is -0.138. The molecule has 0 spiro atoms. The van der Waals surface area contributed by atoms with Crippen molar-refractivity contribution < 1.29 is 4.79 Å². The largest absolute Gasteiger partial charge is 0.338 e. The third-order valence-electron chi connectivity index (χ3n) is 5.37. The number of nitrogens with one attached hydrogen (secondary N) is 1. The predicted molar refractivity (Wildman–Crippen MR) is 96.1 cm³/mol. The van der Waals surface area contributed by atoms with E-state index in [4.69, 9.17) is 0 Å². The summed E-state index contributed by atoms with van der Waals surface area (Å²) in [7, 11) is 0. The van der Waals surface area contributed by atoms with Crippen molar-refractivity contribution in [2.75, 3.05) is 32.7 Å². The third-order valence-corrected chi connectivity index (χ3v) is 5.37. The van der Waals surface area contributed by atoms with Crippen molar-refractivity contribution in [1.82, 2.24) is 15.5 Å². The van der Waals surface area contributed by atoms with Crippen LogP contribution in [-0.2, 0) is 11.2 Å². The highest BCUT2D eigenvalue weighted by molar-refractivity contribution is 5.90. The van der Waals surface area contributed by atoms with E-state index in [1.807, 2.05) is 4.90 Å². The zero-order chi connectivity index (χ0) is 16.4. The van der Waals surface area contributed by atoms with Crippen LogP contribution in [0.15, 0.2) is 42.5 Å². The van der Waals surface area contributed by atoms with E-state index in [0.717, 1.165) is 52.0 Å². The van der Waals surface area contributed by atoms with Gasteiger partial charge in [0.25, 0.3) is 0 Å². The molecule has 1 amide bonds. The lowest BCUT2D eigenvalue weighted by atomic mass is 9.85. The van der Waals surface area contributed by atoms with Gasteiger partial charge in [0, 0.05) is 32.6 Å². The summed E-state index contributed by atoms with van der Waals surface area (Å²) in [5.74, 6) is 0.267. The molecule has 125 valence electrons. The summed E-state index contributed by atoms with van der Waals surface area (Å²) in [6.45, 7) is 4.00. The summed E-state index contributed by atoms with van der Waals surface area (Å²) in [5.41, 5.74) is 0.819. The Balaban J connectivity index is 1.66. The summed E-state index contributed by atoms with van der Waals surface area (Å²) >= 11 is 0. The Hall–Kier alpha value is -1.91. The molecule has 2 aromatic rings. The van der Waals surface area contributed by atoms with Crippen LogP contribution in [0, 0.1) is 0 Å². The number of hydrogen-bond acceptors (Lipinski definition) is 2. The fourth-order valence-electron chi connectivity index (χ4n) is 4.10. The molecule has 4 nitrogen and oxygen atoms in total. The molecule has 1 radical (unpaired) electrons. The number of rotatable bonds is 3. The van der Waals surface area contributed by atoms with Gasteiger partial charge in [0.05, 0.1) is 0 Å². The van der Waals surface area contributed by atoms with Gasteiger partial charge in [-0.05, 0) is 35.7 Å². The summed E-state index contributed by atoms with van der Waals surface area (Å²) < 4.78 is 0. The molecule has 1 atom stereocenters. The normalized spacial score (nSPS) is 24.4. The van der Waals surface area contributed by atoms with E-state index in [1.54, 1.807) is 0 Å². The maximum absolute atomic E-state index is 13.3. The maximum atomic E-state index is 13.3. The Morgan fingerprint density at radius 3 is 2.71 bits per heavy atom. The molecule has 0 unspecified atom stereocenters. The van der Waals surface area contributed by atoms with Gasteiger partial charge in [-0.25, -0.2) is 5.32 Å². The van der Waals surface area contributed by atoms with Gasteiger partial charge in [-0.15, -0.1) is 0 Å². The fourth-order valence-corrected chi connectivity index (χ4v) is 4.10. The first-order valence-corrected chi connectivity index (χ1v) is 8.93. The van der Waals surface area contributed by atoms with Gasteiger partial charge in [0.2, 0.25) is 5.91 Å². The van der Waals surface area contributed by atoms with Crippen molar-refractivity contribution >= 4 is 16.7 Å². The quantitative estimate of drug-likeness (QED) is 0.939. The van der Waals surface area contributed by atoms with Crippen molar-refractivity contribution in [1.29, 1.82) is 0 Å². The first-order valence-electron chi connectivity index (χ1n) is 8.93. The Bertz CT molecular complexity index is 725. The van der Waals surface area contributed by atoms with Gasteiger partial charge >= 0.3 is 0 Å². The van der Waals surface area contributed by atoms with E-state index in [-0.39, 0.29) is 5.91 Å². The summed E-state index contributed by atoms with van der Waals surface area (Å²) in [4.78, 5) is 15.3. The number of nitrogens with zero attached hydrogens (tertiary/aromatic N) is 2. The van der Waals surface area contributed by atoms with Crippen LogP contribution in [0.4, 0.5) is 0 Å². The highest BCUT2D eigenvalue weighted by atomic mass is 16.2. The van der Waals surface area contributed by atoms with Crippen molar-refractivity contribution in [3.8, 4) is 0 Å². The lowest BCUT2D eigenvalue weighted by Crippen LogP contribution is -2.59. The standard InChI is InChI=1S/C20H24N3O/c24-19(23-13-11-21-12-14-23)20(9-4-10-22-20)15-17-7-3-6-16-5-1-2-8-18(16)17/h1-3,5-8,22H,4,9-15H2/t20-/m1/s1. The average molecular weight is 322 g/mol. The number of piperazine rings is 1. The molecule has 4 rings (SSSR count). The zero-order valence-electron chi connectivity index (χ0n) is 14.0. The molecule has 0 bridgehead atoms. The topological polar surface area (TPSA) is 46.4 Å². The molecule has 2 aliphatic heterocycles. The van der Waals surface area contributed by atoms with Crippen molar-refractivity contribution in [2.24, 2.45) is 0 Å². The van der Waals surface area contributed by atoms with E-state index in [9.17, 15) is 4.79 Å². The smallest absolute Gasteiger partial charge is 0.243 e.